The number of carboxylic acids is 1. The lowest BCUT2D eigenvalue weighted by atomic mass is 10.0. The van der Waals surface area contributed by atoms with E-state index in [4.69, 9.17) is 9.15 Å². The highest BCUT2D eigenvalue weighted by atomic mass is 16.5. The smallest absolute Gasteiger partial charge is 0.349 e. The van der Waals surface area contributed by atoms with Gasteiger partial charge in [-0.3, -0.25) is 0 Å². The van der Waals surface area contributed by atoms with Gasteiger partial charge in [0.15, 0.2) is 0 Å². The Morgan fingerprint density at radius 2 is 1.92 bits per heavy atom. The highest BCUT2D eigenvalue weighted by molar-refractivity contribution is 5.85. The van der Waals surface area contributed by atoms with Crippen LogP contribution in [0.25, 0.3) is 11.0 Å². The second-order valence-electron chi connectivity index (χ2n) is 6.15. The summed E-state index contributed by atoms with van der Waals surface area (Å²) in [6.45, 7) is 3.81. The predicted molar refractivity (Wildman–Crippen MR) is 98.7 cm³/mol. The zero-order valence-electron chi connectivity index (χ0n) is 14.7. The van der Waals surface area contributed by atoms with E-state index in [-0.39, 0.29) is 0 Å². The van der Waals surface area contributed by atoms with Crippen LogP contribution in [-0.2, 0) is 11.2 Å². The standard InChI is InChI=1S/C21H20O5/c1-3-7-15-12-18(22)26-19-13(2)17(11-10-16(15)19)25-20(21(23)24)14-8-5-4-6-9-14/h4-6,8-12,20H,3,7H2,1-2H3,(H,23,24). The van der Waals surface area contributed by atoms with Crippen LogP contribution in [0.5, 0.6) is 5.75 Å². The first-order chi connectivity index (χ1) is 12.5. The van der Waals surface area contributed by atoms with E-state index in [1.165, 1.54) is 6.07 Å². The number of carboxylic acid groups (broad SMARTS) is 1. The van der Waals surface area contributed by atoms with Gasteiger partial charge in [-0.25, -0.2) is 9.59 Å². The van der Waals surface area contributed by atoms with Gasteiger partial charge in [0.05, 0.1) is 0 Å². The molecule has 0 aliphatic carbocycles. The van der Waals surface area contributed by atoms with E-state index in [0.29, 0.717) is 22.5 Å². The lowest BCUT2D eigenvalue weighted by Gasteiger charge is -2.18. The number of rotatable bonds is 6. The zero-order valence-corrected chi connectivity index (χ0v) is 14.7. The molecule has 0 bridgehead atoms. The average Bonchev–Trinajstić information content (AvgIpc) is 2.62. The van der Waals surface area contributed by atoms with E-state index in [1.807, 2.05) is 19.1 Å². The topological polar surface area (TPSA) is 76.7 Å². The quantitative estimate of drug-likeness (QED) is 0.671. The monoisotopic (exact) mass is 352 g/mol. The number of hydrogen-bond acceptors (Lipinski definition) is 4. The van der Waals surface area contributed by atoms with Crippen molar-refractivity contribution in [3.05, 3.63) is 75.6 Å². The summed E-state index contributed by atoms with van der Waals surface area (Å²) in [5.74, 6) is -0.706. The van der Waals surface area contributed by atoms with Crippen LogP contribution < -0.4 is 10.4 Å². The number of aliphatic carboxylic acids is 1. The fourth-order valence-electron chi connectivity index (χ4n) is 3.03. The normalized spacial score (nSPS) is 12.1. The second-order valence-corrected chi connectivity index (χ2v) is 6.15. The summed E-state index contributed by atoms with van der Waals surface area (Å²) in [6, 6.07) is 13.8. The molecule has 0 aliphatic heterocycles. The van der Waals surface area contributed by atoms with Crippen molar-refractivity contribution in [2.45, 2.75) is 32.8 Å². The lowest BCUT2D eigenvalue weighted by molar-refractivity contribution is -0.145. The molecule has 2 aromatic carbocycles. The second kappa shape index (κ2) is 7.44. The molecule has 1 N–H and O–H groups in total. The van der Waals surface area contributed by atoms with Crippen LogP contribution in [0.15, 0.2) is 57.7 Å². The van der Waals surface area contributed by atoms with Crippen LogP contribution in [0, 0.1) is 6.92 Å². The molecule has 0 radical (unpaired) electrons. The van der Waals surface area contributed by atoms with E-state index >= 15 is 0 Å². The predicted octanol–water partition coefficient (Wildman–Crippen LogP) is 4.26. The summed E-state index contributed by atoms with van der Waals surface area (Å²) in [7, 11) is 0. The van der Waals surface area contributed by atoms with Crippen molar-refractivity contribution in [2.24, 2.45) is 0 Å². The highest BCUT2D eigenvalue weighted by Gasteiger charge is 2.23. The Hall–Kier alpha value is -3.08. The van der Waals surface area contributed by atoms with Gasteiger partial charge in [0.25, 0.3) is 0 Å². The summed E-state index contributed by atoms with van der Waals surface area (Å²) in [5.41, 5.74) is 2.10. The molecule has 134 valence electrons. The van der Waals surface area contributed by atoms with Crippen molar-refractivity contribution in [3.63, 3.8) is 0 Å². The maximum Gasteiger partial charge on any atom is 0.349 e. The molecule has 5 heteroatoms. The molecule has 1 heterocycles. The first kappa shape index (κ1) is 17.7. The van der Waals surface area contributed by atoms with Crippen LogP contribution >= 0.6 is 0 Å². The minimum Gasteiger partial charge on any atom is -0.478 e. The summed E-state index contributed by atoms with van der Waals surface area (Å²) >= 11 is 0. The van der Waals surface area contributed by atoms with Crippen LogP contribution in [0.3, 0.4) is 0 Å². The third-order valence-electron chi connectivity index (χ3n) is 4.29. The maximum atomic E-state index is 11.9. The van der Waals surface area contributed by atoms with Gasteiger partial charge in [-0.1, -0.05) is 43.7 Å². The lowest BCUT2D eigenvalue weighted by Crippen LogP contribution is -2.18. The van der Waals surface area contributed by atoms with Crippen molar-refractivity contribution in [1.82, 2.24) is 0 Å². The van der Waals surface area contributed by atoms with Gasteiger partial charge in [-0.15, -0.1) is 0 Å². The third-order valence-corrected chi connectivity index (χ3v) is 4.29. The Kier molecular flexibility index (Phi) is 5.07. The minimum atomic E-state index is -1.14. The van der Waals surface area contributed by atoms with Crippen molar-refractivity contribution in [2.75, 3.05) is 0 Å². The molecule has 5 nitrogen and oxygen atoms in total. The Labute approximate surface area is 150 Å². The molecule has 0 spiro atoms. The molecule has 0 saturated carbocycles. The molecule has 0 saturated heterocycles. The molecule has 26 heavy (non-hydrogen) atoms. The van der Waals surface area contributed by atoms with Gasteiger partial charge in [-0.2, -0.15) is 0 Å². The molecule has 1 aromatic heterocycles. The zero-order chi connectivity index (χ0) is 18.7. The maximum absolute atomic E-state index is 11.9. The SMILES string of the molecule is CCCc1cc(=O)oc2c(C)c(OC(C(=O)O)c3ccccc3)ccc12. The van der Waals surface area contributed by atoms with Crippen LogP contribution in [0.4, 0.5) is 0 Å². The van der Waals surface area contributed by atoms with Gasteiger partial charge in [-0.05, 0) is 31.0 Å². The summed E-state index contributed by atoms with van der Waals surface area (Å²) in [6.07, 6.45) is 0.534. The van der Waals surface area contributed by atoms with E-state index in [1.54, 1.807) is 37.3 Å². The molecule has 1 atom stereocenters. The molecule has 0 fully saturated rings. The summed E-state index contributed by atoms with van der Waals surface area (Å²) in [4.78, 5) is 23.6. The number of fused-ring (bicyclic) bond motifs is 1. The molecule has 0 aliphatic rings. The number of aryl methyl sites for hydroxylation is 2. The molecule has 0 amide bonds. The molecule has 3 aromatic rings. The Bertz CT molecular complexity index is 988. The molecule has 3 rings (SSSR count). The fourth-order valence-corrected chi connectivity index (χ4v) is 3.03. The van der Waals surface area contributed by atoms with E-state index in [0.717, 1.165) is 23.8 Å². The molecule has 1 unspecified atom stereocenters. The van der Waals surface area contributed by atoms with Crippen molar-refractivity contribution < 1.29 is 19.1 Å². The Balaban J connectivity index is 2.07. The number of hydrogen-bond donors (Lipinski definition) is 1. The fraction of sp³-hybridized carbons (Fsp3) is 0.238. The first-order valence-electron chi connectivity index (χ1n) is 8.52. The van der Waals surface area contributed by atoms with Gasteiger partial charge in [0, 0.05) is 22.6 Å². The van der Waals surface area contributed by atoms with E-state index in [2.05, 4.69) is 0 Å². The van der Waals surface area contributed by atoms with Crippen LogP contribution in [0.1, 0.15) is 36.1 Å². The van der Waals surface area contributed by atoms with Crippen molar-refractivity contribution in [3.8, 4) is 5.75 Å². The van der Waals surface area contributed by atoms with Gasteiger partial charge in [0.2, 0.25) is 6.10 Å². The van der Waals surface area contributed by atoms with Crippen molar-refractivity contribution in [1.29, 1.82) is 0 Å². The summed E-state index contributed by atoms with van der Waals surface area (Å²) in [5, 5.41) is 10.4. The number of ether oxygens (including phenoxy) is 1. The number of benzene rings is 2. The van der Waals surface area contributed by atoms with Gasteiger partial charge in [0.1, 0.15) is 11.3 Å². The highest BCUT2D eigenvalue weighted by Crippen LogP contribution is 2.32. The van der Waals surface area contributed by atoms with Gasteiger partial charge >= 0.3 is 11.6 Å². The van der Waals surface area contributed by atoms with Gasteiger partial charge < -0.3 is 14.3 Å². The van der Waals surface area contributed by atoms with E-state index in [9.17, 15) is 14.7 Å². The molecular formula is C21H20O5. The third kappa shape index (κ3) is 3.47. The van der Waals surface area contributed by atoms with Crippen LogP contribution in [0.2, 0.25) is 0 Å². The largest absolute Gasteiger partial charge is 0.478 e. The van der Waals surface area contributed by atoms with Crippen LogP contribution in [-0.4, -0.2) is 11.1 Å². The van der Waals surface area contributed by atoms with Crippen molar-refractivity contribution >= 4 is 16.9 Å². The van der Waals surface area contributed by atoms with E-state index < -0.39 is 17.7 Å². The summed E-state index contributed by atoms with van der Waals surface area (Å²) < 4.78 is 11.2. The Morgan fingerprint density at radius 1 is 1.19 bits per heavy atom. The average molecular weight is 352 g/mol. The minimum absolute atomic E-state index is 0.380. The molecular weight excluding hydrogens is 332 g/mol. The first-order valence-corrected chi connectivity index (χ1v) is 8.52. The number of carbonyl (C=O) groups is 1. The Morgan fingerprint density at radius 3 is 2.58 bits per heavy atom.